The maximum Gasteiger partial charge on any atom is 0.326 e. The molecule has 1 heterocycles. The van der Waals surface area contributed by atoms with Crippen molar-refractivity contribution in [2.45, 2.75) is 38.3 Å². The van der Waals surface area contributed by atoms with Crippen LogP contribution in [0.15, 0.2) is 16.7 Å². The molecular formula is C12H15BrN2O3. The molecule has 98 valence electrons. The number of amides is 1. The van der Waals surface area contributed by atoms with Gasteiger partial charge in [-0.2, -0.15) is 0 Å². The number of aliphatic carboxylic acids is 1. The van der Waals surface area contributed by atoms with Gasteiger partial charge in [0.25, 0.3) is 5.91 Å². The van der Waals surface area contributed by atoms with Crippen molar-refractivity contribution < 1.29 is 14.7 Å². The first-order valence-electron chi connectivity index (χ1n) is 5.94. The van der Waals surface area contributed by atoms with E-state index in [-0.39, 0.29) is 5.91 Å². The van der Waals surface area contributed by atoms with E-state index in [2.05, 4.69) is 21.2 Å². The third-order valence-corrected chi connectivity index (χ3v) is 3.43. The lowest BCUT2D eigenvalue weighted by molar-refractivity contribution is -0.139. The third kappa shape index (κ3) is 2.75. The van der Waals surface area contributed by atoms with E-state index in [1.54, 1.807) is 13.0 Å². The molecule has 2 N–H and O–H groups in total. The fourth-order valence-corrected chi connectivity index (χ4v) is 2.29. The molecule has 1 atom stereocenters. The summed E-state index contributed by atoms with van der Waals surface area (Å²) in [4.78, 5) is 23.0. The molecule has 0 radical (unpaired) electrons. The van der Waals surface area contributed by atoms with Crippen LogP contribution in [0.25, 0.3) is 0 Å². The van der Waals surface area contributed by atoms with Gasteiger partial charge in [0.2, 0.25) is 0 Å². The minimum atomic E-state index is -1.01. The maximum atomic E-state index is 12.1. The molecule has 1 aliphatic carbocycles. The molecule has 1 aromatic heterocycles. The zero-order chi connectivity index (χ0) is 13.3. The molecule has 6 heteroatoms. The summed E-state index contributed by atoms with van der Waals surface area (Å²) in [7, 11) is 0. The molecule has 1 aromatic rings. The highest BCUT2D eigenvalue weighted by molar-refractivity contribution is 9.10. The first-order valence-corrected chi connectivity index (χ1v) is 6.73. The van der Waals surface area contributed by atoms with Gasteiger partial charge >= 0.3 is 5.97 Å². The molecule has 0 bridgehead atoms. The van der Waals surface area contributed by atoms with Gasteiger partial charge in [0.05, 0.1) is 0 Å². The Morgan fingerprint density at radius 1 is 1.61 bits per heavy atom. The lowest BCUT2D eigenvalue weighted by atomic mass is 10.2. The monoisotopic (exact) mass is 314 g/mol. The van der Waals surface area contributed by atoms with Gasteiger partial charge in [0, 0.05) is 16.7 Å². The van der Waals surface area contributed by atoms with Gasteiger partial charge in [-0.15, -0.1) is 0 Å². The lowest BCUT2D eigenvalue weighted by Crippen LogP contribution is -2.40. The molecule has 0 saturated heterocycles. The van der Waals surface area contributed by atoms with Gasteiger partial charge in [0.1, 0.15) is 11.7 Å². The van der Waals surface area contributed by atoms with E-state index in [1.807, 2.05) is 10.8 Å². The van der Waals surface area contributed by atoms with Crippen LogP contribution in [-0.4, -0.2) is 27.6 Å². The van der Waals surface area contributed by atoms with E-state index in [9.17, 15) is 9.59 Å². The molecular weight excluding hydrogens is 300 g/mol. The minimum Gasteiger partial charge on any atom is -0.480 e. The Bertz CT molecular complexity index is 480. The Morgan fingerprint density at radius 2 is 2.28 bits per heavy atom. The van der Waals surface area contributed by atoms with E-state index in [0.717, 1.165) is 17.3 Å². The van der Waals surface area contributed by atoms with E-state index < -0.39 is 12.0 Å². The van der Waals surface area contributed by atoms with Crippen molar-refractivity contribution in [3.63, 3.8) is 0 Å². The average Bonchev–Trinajstić information content (AvgIpc) is 3.08. The standard InChI is InChI=1S/C12H15BrN2O3/c1-2-9(12(17)18)14-11(16)10-5-7(13)6-15(10)8-3-4-8/h5-6,8-9H,2-4H2,1H3,(H,14,16)(H,17,18). The number of carboxylic acids is 1. The molecule has 0 aliphatic heterocycles. The van der Waals surface area contributed by atoms with Crippen LogP contribution < -0.4 is 5.32 Å². The smallest absolute Gasteiger partial charge is 0.326 e. The normalized spacial score (nSPS) is 16.3. The minimum absolute atomic E-state index is 0.332. The van der Waals surface area contributed by atoms with Crippen LogP contribution in [0.4, 0.5) is 0 Å². The number of nitrogens with zero attached hydrogens (tertiary/aromatic N) is 1. The Balaban J connectivity index is 2.15. The molecule has 18 heavy (non-hydrogen) atoms. The van der Waals surface area contributed by atoms with Crippen molar-refractivity contribution in [1.29, 1.82) is 0 Å². The third-order valence-electron chi connectivity index (χ3n) is 3.00. The second-order valence-electron chi connectivity index (χ2n) is 4.45. The fraction of sp³-hybridized carbons (Fsp3) is 0.500. The number of carboxylic acid groups (broad SMARTS) is 1. The predicted molar refractivity (Wildman–Crippen MR) is 69.6 cm³/mol. The summed E-state index contributed by atoms with van der Waals surface area (Å²) in [5.74, 6) is -1.34. The highest BCUT2D eigenvalue weighted by Crippen LogP contribution is 2.37. The molecule has 2 rings (SSSR count). The molecule has 1 aliphatic rings. The summed E-state index contributed by atoms with van der Waals surface area (Å²) >= 11 is 3.34. The van der Waals surface area contributed by atoms with Crippen LogP contribution in [0.1, 0.15) is 42.7 Å². The SMILES string of the molecule is CCC(NC(=O)c1cc(Br)cn1C1CC1)C(=O)O. The van der Waals surface area contributed by atoms with Gasteiger partial charge in [-0.25, -0.2) is 4.79 Å². The number of aromatic nitrogens is 1. The van der Waals surface area contributed by atoms with Crippen LogP contribution in [0.2, 0.25) is 0 Å². The Kier molecular flexibility index (Phi) is 3.75. The molecule has 5 nitrogen and oxygen atoms in total. The van der Waals surface area contributed by atoms with Gasteiger partial charge in [-0.3, -0.25) is 4.79 Å². The van der Waals surface area contributed by atoms with Crippen molar-refractivity contribution in [1.82, 2.24) is 9.88 Å². The summed E-state index contributed by atoms with van der Waals surface area (Å²) < 4.78 is 2.75. The summed E-state index contributed by atoms with van der Waals surface area (Å²) in [6.45, 7) is 1.73. The van der Waals surface area contributed by atoms with Crippen LogP contribution in [0.5, 0.6) is 0 Å². The summed E-state index contributed by atoms with van der Waals surface area (Å²) in [5.41, 5.74) is 0.518. The van der Waals surface area contributed by atoms with Crippen LogP contribution in [-0.2, 0) is 4.79 Å². The number of halogens is 1. The number of hydrogen-bond acceptors (Lipinski definition) is 2. The van der Waals surface area contributed by atoms with Crippen LogP contribution >= 0.6 is 15.9 Å². The Labute approximate surface area is 113 Å². The predicted octanol–water partition coefficient (Wildman–Crippen LogP) is 2.18. The van der Waals surface area contributed by atoms with Gasteiger partial charge < -0.3 is 15.0 Å². The van der Waals surface area contributed by atoms with Crippen LogP contribution in [0, 0.1) is 0 Å². The van der Waals surface area contributed by atoms with Crippen molar-refractivity contribution in [2.24, 2.45) is 0 Å². The Hall–Kier alpha value is -1.30. The zero-order valence-electron chi connectivity index (χ0n) is 10.0. The largest absolute Gasteiger partial charge is 0.480 e. The highest BCUT2D eigenvalue weighted by Gasteiger charge is 2.29. The summed E-state index contributed by atoms with van der Waals surface area (Å²) in [6.07, 6.45) is 4.37. The molecule has 0 spiro atoms. The van der Waals surface area contributed by atoms with E-state index in [4.69, 9.17) is 5.11 Å². The average molecular weight is 315 g/mol. The van der Waals surface area contributed by atoms with Gasteiger partial charge in [0.15, 0.2) is 0 Å². The zero-order valence-corrected chi connectivity index (χ0v) is 11.6. The topological polar surface area (TPSA) is 71.3 Å². The number of hydrogen-bond donors (Lipinski definition) is 2. The van der Waals surface area contributed by atoms with Crippen molar-refractivity contribution in [3.05, 3.63) is 22.4 Å². The molecule has 1 saturated carbocycles. The molecule has 1 amide bonds. The number of nitrogens with one attached hydrogen (secondary N) is 1. The Morgan fingerprint density at radius 3 is 2.78 bits per heavy atom. The first-order chi connectivity index (χ1) is 8.52. The fourth-order valence-electron chi connectivity index (χ4n) is 1.85. The van der Waals surface area contributed by atoms with Gasteiger partial charge in [-0.05, 0) is 41.3 Å². The lowest BCUT2D eigenvalue weighted by Gasteiger charge is -2.13. The van der Waals surface area contributed by atoms with Crippen LogP contribution in [0.3, 0.4) is 0 Å². The van der Waals surface area contributed by atoms with Crippen molar-refractivity contribution in [3.8, 4) is 0 Å². The van der Waals surface area contributed by atoms with Gasteiger partial charge in [-0.1, -0.05) is 6.92 Å². The summed E-state index contributed by atoms with van der Waals surface area (Å²) in [6, 6.07) is 1.27. The summed E-state index contributed by atoms with van der Waals surface area (Å²) in [5, 5.41) is 11.5. The highest BCUT2D eigenvalue weighted by atomic mass is 79.9. The molecule has 0 aromatic carbocycles. The second kappa shape index (κ2) is 5.14. The van der Waals surface area contributed by atoms with Crippen molar-refractivity contribution >= 4 is 27.8 Å². The van der Waals surface area contributed by atoms with E-state index in [0.29, 0.717) is 18.2 Å². The maximum absolute atomic E-state index is 12.1. The van der Waals surface area contributed by atoms with E-state index in [1.165, 1.54) is 0 Å². The molecule has 1 fully saturated rings. The van der Waals surface area contributed by atoms with Crippen molar-refractivity contribution in [2.75, 3.05) is 0 Å². The first kappa shape index (κ1) is 13.1. The quantitative estimate of drug-likeness (QED) is 0.875. The number of carbonyl (C=O) groups excluding carboxylic acids is 1. The number of carbonyl (C=O) groups is 2. The number of rotatable bonds is 5. The second-order valence-corrected chi connectivity index (χ2v) is 5.37. The van der Waals surface area contributed by atoms with E-state index >= 15 is 0 Å². The molecule has 1 unspecified atom stereocenters.